The Hall–Kier alpha value is -1.56. The lowest BCUT2D eigenvalue weighted by molar-refractivity contribution is 0.0691. The smallest absolute Gasteiger partial charge is 0.356 e. The number of thiocarbonyl (C=S) groups is 1. The average Bonchev–Trinajstić information content (AvgIpc) is 2.25. The van der Waals surface area contributed by atoms with E-state index in [1.165, 1.54) is 6.33 Å². The van der Waals surface area contributed by atoms with Gasteiger partial charge in [-0.2, -0.15) is 0 Å². The van der Waals surface area contributed by atoms with Crippen LogP contribution in [0.2, 0.25) is 0 Å². The van der Waals surface area contributed by atoms with Crippen LogP contribution in [0.1, 0.15) is 35.9 Å². The molecule has 0 amide bonds. The van der Waals surface area contributed by atoms with Crippen molar-refractivity contribution in [2.75, 3.05) is 5.32 Å². The van der Waals surface area contributed by atoms with Crippen LogP contribution in [0.3, 0.4) is 0 Å². The van der Waals surface area contributed by atoms with E-state index in [0.717, 1.165) is 0 Å². The zero-order valence-electron chi connectivity index (χ0n) is 8.89. The summed E-state index contributed by atoms with van der Waals surface area (Å²) < 4.78 is 0. The molecule has 0 spiro atoms. The van der Waals surface area contributed by atoms with E-state index in [4.69, 9.17) is 17.3 Å². The van der Waals surface area contributed by atoms with E-state index in [1.807, 2.05) is 13.8 Å². The first-order valence-corrected chi connectivity index (χ1v) is 5.32. The number of aromatic nitrogens is 2. The number of anilines is 1. The van der Waals surface area contributed by atoms with Crippen LogP contribution in [0.25, 0.3) is 0 Å². The maximum absolute atomic E-state index is 11.0. The first-order valence-electron chi connectivity index (χ1n) is 4.91. The molecule has 0 fully saturated rings. The number of aromatic carboxylic acids is 1. The highest BCUT2D eigenvalue weighted by Crippen LogP contribution is 2.35. The molecule has 1 aliphatic rings. The number of nitrogens with zero attached hydrogens (tertiary/aromatic N) is 2. The van der Waals surface area contributed by atoms with Crippen LogP contribution in [0.5, 0.6) is 0 Å². The summed E-state index contributed by atoms with van der Waals surface area (Å²) in [6.07, 6.45) is 1.28. The molecule has 1 unspecified atom stereocenters. The van der Waals surface area contributed by atoms with Crippen LogP contribution in [0, 0.1) is 5.92 Å². The number of hydrogen-bond acceptors (Lipinski definition) is 4. The first kappa shape index (κ1) is 10.9. The second kappa shape index (κ2) is 3.79. The van der Waals surface area contributed by atoms with E-state index in [2.05, 4.69) is 15.3 Å². The molecule has 2 rings (SSSR count). The number of hydrogen-bond donors (Lipinski definition) is 2. The Morgan fingerprint density at radius 2 is 2.12 bits per heavy atom. The third-order valence-electron chi connectivity index (χ3n) is 2.92. The number of fused-ring (bicyclic) bond motifs is 1. The van der Waals surface area contributed by atoms with Gasteiger partial charge in [0, 0.05) is 11.8 Å². The fraction of sp³-hybridized carbons (Fsp3) is 0.400. The molecule has 2 N–H and O–H groups in total. The summed E-state index contributed by atoms with van der Waals surface area (Å²) >= 11 is 5.17. The molecule has 1 aromatic heterocycles. The minimum Gasteiger partial charge on any atom is -0.476 e. The third kappa shape index (κ3) is 1.55. The molecule has 6 heteroatoms. The Balaban J connectivity index is 2.60. The second-order valence-electron chi connectivity index (χ2n) is 3.85. The second-order valence-corrected chi connectivity index (χ2v) is 4.29. The Morgan fingerprint density at radius 1 is 1.44 bits per heavy atom. The van der Waals surface area contributed by atoms with Gasteiger partial charge in [-0.3, -0.25) is 0 Å². The fourth-order valence-electron chi connectivity index (χ4n) is 1.73. The highest BCUT2D eigenvalue weighted by molar-refractivity contribution is 7.80. The van der Waals surface area contributed by atoms with Gasteiger partial charge in [0.25, 0.3) is 0 Å². The van der Waals surface area contributed by atoms with Gasteiger partial charge in [-0.25, -0.2) is 14.8 Å². The third-order valence-corrected chi connectivity index (χ3v) is 3.40. The standard InChI is InChI=1S/C10H11N3O2S/c1-4-5(2)9(16)13-7-6(4)11-3-12-8(7)10(14)15/h3-5H,1-2H3,(H,13,16)(H,14,15)/t4-,5?/m0/s1. The minimum absolute atomic E-state index is 0.0221. The quantitative estimate of drug-likeness (QED) is 0.724. The molecule has 0 bridgehead atoms. The minimum atomic E-state index is -1.07. The van der Waals surface area contributed by atoms with Crippen LogP contribution < -0.4 is 5.32 Å². The molecular weight excluding hydrogens is 226 g/mol. The summed E-state index contributed by atoms with van der Waals surface area (Å²) in [4.78, 5) is 19.5. The van der Waals surface area contributed by atoms with Gasteiger partial charge in [0.2, 0.25) is 0 Å². The van der Waals surface area contributed by atoms with E-state index in [0.29, 0.717) is 16.4 Å². The molecule has 16 heavy (non-hydrogen) atoms. The topological polar surface area (TPSA) is 75.1 Å². The van der Waals surface area contributed by atoms with Gasteiger partial charge in [0.05, 0.1) is 16.4 Å². The molecule has 1 aliphatic heterocycles. The van der Waals surface area contributed by atoms with Crippen LogP contribution in [0.15, 0.2) is 6.33 Å². The summed E-state index contributed by atoms with van der Waals surface area (Å²) in [5, 5.41) is 11.9. The molecule has 5 nitrogen and oxygen atoms in total. The van der Waals surface area contributed by atoms with Gasteiger partial charge in [0.1, 0.15) is 6.33 Å². The zero-order chi connectivity index (χ0) is 11.9. The fourth-order valence-corrected chi connectivity index (χ4v) is 2.04. The Bertz CT molecular complexity index is 475. The molecule has 84 valence electrons. The number of carboxylic acids is 1. The molecule has 0 aromatic carbocycles. The summed E-state index contributed by atoms with van der Waals surface area (Å²) in [6.45, 7) is 3.97. The van der Waals surface area contributed by atoms with Crippen molar-refractivity contribution in [1.82, 2.24) is 9.97 Å². The molecule has 0 saturated heterocycles. The summed E-state index contributed by atoms with van der Waals surface area (Å²) in [7, 11) is 0. The molecule has 1 aromatic rings. The largest absolute Gasteiger partial charge is 0.476 e. The van der Waals surface area contributed by atoms with E-state index < -0.39 is 5.97 Å². The maximum atomic E-state index is 11.0. The number of rotatable bonds is 1. The van der Waals surface area contributed by atoms with Gasteiger partial charge in [-0.15, -0.1) is 0 Å². The molecular formula is C10H11N3O2S. The number of carboxylic acid groups (broad SMARTS) is 1. The molecule has 0 saturated carbocycles. The molecule has 2 heterocycles. The lowest BCUT2D eigenvalue weighted by atomic mass is 9.88. The lowest BCUT2D eigenvalue weighted by Gasteiger charge is -2.29. The van der Waals surface area contributed by atoms with Crippen LogP contribution in [-0.4, -0.2) is 26.0 Å². The normalized spacial score (nSPS) is 23.5. The Kier molecular flexibility index (Phi) is 2.59. The van der Waals surface area contributed by atoms with Gasteiger partial charge in [-0.05, 0) is 0 Å². The van der Waals surface area contributed by atoms with E-state index in [1.54, 1.807) is 0 Å². The SMILES string of the molecule is CC1C(=S)Nc2c(C(=O)O)ncnc2[C@H]1C. The van der Waals surface area contributed by atoms with Gasteiger partial charge < -0.3 is 10.4 Å². The van der Waals surface area contributed by atoms with Crippen molar-refractivity contribution < 1.29 is 9.90 Å². The lowest BCUT2D eigenvalue weighted by Crippen LogP contribution is -2.31. The Labute approximate surface area is 97.9 Å². The van der Waals surface area contributed by atoms with Crippen LogP contribution in [-0.2, 0) is 0 Å². The van der Waals surface area contributed by atoms with E-state index >= 15 is 0 Å². The summed E-state index contributed by atoms with van der Waals surface area (Å²) in [6, 6.07) is 0. The van der Waals surface area contributed by atoms with Crippen molar-refractivity contribution in [2.24, 2.45) is 5.92 Å². The highest BCUT2D eigenvalue weighted by atomic mass is 32.1. The maximum Gasteiger partial charge on any atom is 0.356 e. The van der Waals surface area contributed by atoms with Crippen LogP contribution in [0.4, 0.5) is 5.69 Å². The van der Waals surface area contributed by atoms with E-state index in [9.17, 15) is 4.79 Å². The predicted molar refractivity (Wildman–Crippen MR) is 62.8 cm³/mol. The predicted octanol–water partition coefficient (Wildman–Crippen LogP) is 1.67. The van der Waals surface area contributed by atoms with Gasteiger partial charge in [-0.1, -0.05) is 26.1 Å². The van der Waals surface area contributed by atoms with Gasteiger partial charge >= 0.3 is 5.97 Å². The van der Waals surface area contributed by atoms with Crippen molar-refractivity contribution >= 4 is 28.9 Å². The molecule has 2 atom stereocenters. The Morgan fingerprint density at radius 3 is 2.75 bits per heavy atom. The first-order chi connectivity index (χ1) is 7.52. The zero-order valence-corrected chi connectivity index (χ0v) is 9.71. The number of carbonyl (C=O) groups is 1. The number of nitrogens with one attached hydrogen (secondary N) is 1. The van der Waals surface area contributed by atoms with Crippen molar-refractivity contribution in [3.8, 4) is 0 Å². The monoisotopic (exact) mass is 237 g/mol. The van der Waals surface area contributed by atoms with Crippen molar-refractivity contribution in [3.63, 3.8) is 0 Å². The summed E-state index contributed by atoms with van der Waals surface area (Å²) in [5.41, 5.74) is 1.13. The highest BCUT2D eigenvalue weighted by Gasteiger charge is 2.31. The molecule has 0 aliphatic carbocycles. The summed E-state index contributed by atoms with van der Waals surface area (Å²) in [5.74, 6) is -0.820. The van der Waals surface area contributed by atoms with Crippen molar-refractivity contribution in [3.05, 3.63) is 17.7 Å². The average molecular weight is 237 g/mol. The van der Waals surface area contributed by atoms with E-state index in [-0.39, 0.29) is 17.5 Å². The van der Waals surface area contributed by atoms with Crippen molar-refractivity contribution in [2.45, 2.75) is 19.8 Å². The van der Waals surface area contributed by atoms with Crippen LogP contribution >= 0.6 is 12.2 Å². The van der Waals surface area contributed by atoms with Crippen molar-refractivity contribution in [1.29, 1.82) is 0 Å². The molecule has 0 radical (unpaired) electrons. The van der Waals surface area contributed by atoms with Gasteiger partial charge in [0.15, 0.2) is 5.69 Å².